The summed E-state index contributed by atoms with van der Waals surface area (Å²) in [5.74, 6) is 2.81. The first-order valence-corrected chi connectivity index (χ1v) is 9.00. The molecule has 2 aromatic heterocycles. The number of aromatic nitrogens is 4. The molecule has 0 saturated carbocycles. The van der Waals surface area contributed by atoms with Gasteiger partial charge in [-0.1, -0.05) is 0 Å². The van der Waals surface area contributed by atoms with E-state index in [2.05, 4.69) is 45.6 Å². The van der Waals surface area contributed by atoms with E-state index in [1.807, 2.05) is 24.0 Å². The van der Waals surface area contributed by atoms with Crippen LogP contribution in [0.2, 0.25) is 0 Å². The van der Waals surface area contributed by atoms with Crippen LogP contribution < -0.4 is 10.6 Å². The number of aliphatic imine (C=N–C) groups is 1. The Morgan fingerprint density at radius 2 is 2.23 bits per heavy atom. The normalized spacial score (nSPS) is 16.6. The van der Waals surface area contributed by atoms with Crippen LogP contribution >= 0.6 is 24.0 Å². The molecular weight excluding hydrogens is 441 g/mol. The van der Waals surface area contributed by atoms with E-state index in [1.54, 1.807) is 0 Å². The second-order valence-corrected chi connectivity index (χ2v) is 6.45. The molecule has 0 fully saturated rings. The van der Waals surface area contributed by atoms with Crippen molar-refractivity contribution < 1.29 is 0 Å². The fraction of sp³-hybridized carbons (Fsp3) is 0.556. The van der Waals surface area contributed by atoms with Crippen molar-refractivity contribution >= 4 is 29.9 Å². The van der Waals surface area contributed by atoms with Gasteiger partial charge in [-0.25, -0.2) is 9.67 Å². The van der Waals surface area contributed by atoms with E-state index in [1.165, 1.54) is 11.1 Å². The topological polar surface area (TPSA) is 80.0 Å². The molecule has 0 radical (unpaired) electrons. The number of fused-ring (bicyclic) bond motifs is 1. The maximum atomic E-state index is 4.73. The Balaban J connectivity index is 0.00000243. The van der Waals surface area contributed by atoms with Crippen molar-refractivity contribution in [3.05, 3.63) is 41.2 Å². The lowest BCUT2D eigenvalue weighted by molar-refractivity contribution is 0.392. The Morgan fingerprint density at radius 3 is 3.00 bits per heavy atom. The Kier molecular flexibility index (Phi) is 7.80. The smallest absolute Gasteiger partial charge is 0.191 e. The summed E-state index contributed by atoms with van der Waals surface area (Å²) >= 11 is 0. The predicted molar refractivity (Wildman–Crippen MR) is 114 cm³/mol. The van der Waals surface area contributed by atoms with Crippen LogP contribution in [0.5, 0.6) is 0 Å². The highest BCUT2D eigenvalue weighted by Gasteiger charge is 2.21. The molecule has 1 aliphatic rings. The van der Waals surface area contributed by atoms with Crippen molar-refractivity contribution in [1.82, 2.24) is 30.4 Å². The van der Waals surface area contributed by atoms with Gasteiger partial charge in [0.2, 0.25) is 0 Å². The monoisotopic (exact) mass is 469 g/mol. The number of aryl methyl sites for hydroxylation is 3. The number of rotatable bonds is 5. The van der Waals surface area contributed by atoms with Gasteiger partial charge in [0.05, 0.1) is 6.54 Å². The molecule has 142 valence electrons. The zero-order chi connectivity index (χ0) is 17.6. The molecule has 8 heteroatoms. The fourth-order valence-electron chi connectivity index (χ4n) is 3.14. The van der Waals surface area contributed by atoms with Gasteiger partial charge in [-0.05, 0) is 50.8 Å². The van der Waals surface area contributed by atoms with E-state index < -0.39 is 0 Å². The summed E-state index contributed by atoms with van der Waals surface area (Å²) < 4.78 is 2.01. The first-order valence-electron chi connectivity index (χ1n) is 9.00. The molecule has 3 rings (SSSR count). The molecule has 2 N–H and O–H groups in total. The SMILES string of the molecule is CCNC(=NCCc1ccncc1C)NC1CCc2nc(C)nn2C1.I. The van der Waals surface area contributed by atoms with Gasteiger partial charge in [0, 0.05) is 37.9 Å². The Hall–Kier alpha value is -1.71. The lowest BCUT2D eigenvalue weighted by Gasteiger charge is -2.25. The second kappa shape index (κ2) is 9.84. The second-order valence-electron chi connectivity index (χ2n) is 6.45. The van der Waals surface area contributed by atoms with Crippen molar-refractivity contribution in [1.29, 1.82) is 0 Å². The first-order chi connectivity index (χ1) is 12.2. The van der Waals surface area contributed by atoms with Crippen LogP contribution in [0.3, 0.4) is 0 Å². The highest BCUT2D eigenvalue weighted by molar-refractivity contribution is 14.0. The zero-order valence-electron chi connectivity index (χ0n) is 15.7. The standard InChI is InChI=1S/C18H27N7.HI/c1-4-20-18(21-10-8-15-7-9-19-11-13(15)2)23-16-5-6-17-22-14(3)24-25(17)12-16;/h7,9,11,16H,4-6,8,10,12H2,1-3H3,(H2,20,21,23);1H. The average molecular weight is 469 g/mol. The molecule has 26 heavy (non-hydrogen) atoms. The summed E-state index contributed by atoms with van der Waals surface area (Å²) in [7, 11) is 0. The van der Waals surface area contributed by atoms with Gasteiger partial charge in [0.25, 0.3) is 0 Å². The maximum Gasteiger partial charge on any atom is 0.191 e. The number of guanidine groups is 1. The van der Waals surface area contributed by atoms with Crippen LogP contribution in [0, 0.1) is 13.8 Å². The van der Waals surface area contributed by atoms with E-state index in [0.717, 1.165) is 56.5 Å². The van der Waals surface area contributed by atoms with E-state index >= 15 is 0 Å². The van der Waals surface area contributed by atoms with Crippen molar-refractivity contribution in [2.45, 2.75) is 52.6 Å². The van der Waals surface area contributed by atoms with Gasteiger partial charge in [-0.3, -0.25) is 9.98 Å². The molecule has 0 aliphatic carbocycles. The molecule has 3 heterocycles. The van der Waals surface area contributed by atoms with Gasteiger partial charge < -0.3 is 10.6 Å². The summed E-state index contributed by atoms with van der Waals surface area (Å²) in [6.45, 7) is 8.56. The van der Waals surface area contributed by atoms with Gasteiger partial charge >= 0.3 is 0 Å². The average Bonchev–Trinajstić information content (AvgIpc) is 2.96. The maximum absolute atomic E-state index is 4.73. The van der Waals surface area contributed by atoms with Gasteiger partial charge in [-0.15, -0.1) is 24.0 Å². The molecule has 1 atom stereocenters. The third-order valence-electron chi connectivity index (χ3n) is 4.44. The van der Waals surface area contributed by atoms with Crippen molar-refractivity contribution in [3.8, 4) is 0 Å². The van der Waals surface area contributed by atoms with Crippen LogP contribution in [-0.4, -0.2) is 44.8 Å². The predicted octanol–water partition coefficient (Wildman–Crippen LogP) is 2.02. The molecule has 1 aliphatic heterocycles. The van der Waals surface area contributed by atoms with Crippen LogP contribution in [0.15, 0.2) is 23.5 Å². The Labute approximate surface area is 172 Å². The summed E-state index contributed by atoms with van der Waals surface area (Å²) in [6, 6.07) is 2.40. The lowest BCUT2D eigenvalue weighted by Crippen LogP contribution is -2.47. The largest absolute Gasteiger partial charge is 0.357 e. The molecule has 0 saturated heterocycles. The Morgan fingerprint density at radius 1 is 1.38 bits per heavy atom. The van der Waals surface area contributed by atoms with E-state index in [0.29, 0.717) is 6.04 Å². The molecule has 0 spiro atoms. The zero-order valence-corrected chi connectivity index (χ0v) is 18.0. The molecule has 7 nitrogen and oxygen atoms in total. The first kappa shape index (κ1) is 20.6. The molecule has 0 aromatic carbocycles. The number of nitrogens with zero attached hydrogens (tertiary/aromatic N) is 5. The summed E-state index contributed by atoms with van der Waals surface area (Å²) in [4.78, 5) is 13.3. The molecule has 1 unspecified atom stereocenters. The number of pyridine rings is 1. The minimum absolute atomic E-state index is 0. The molecule has 0 bridgehead atoms. The molecule has 0 amide bonds. The van der Waals surface area contributed by atoms with Crippen molar-refractivity contribution in [3.63, 3.8) is 0 Å². The Bertz CT molecular complexity index is 741. The van der Waals surface area contributed by atoms with E-state index in [-0.39, 0.29) is 24.0 Å². The molecular formula is C18H28IN7. The van der Waals surface area contributed by atoms with Gasteiger partial charge in [0.15, 0.2) is 5.96 Å². The van der Waals surface area contributed by atoms with Crippen molar-refractivity contribution in [2.24, 2.45) is 4.99 Å². The van der Waals surface area contributed by atoms with E-state index in [9.17, 15) is 0 Å². The van der Waals surface area contributed by atoms with E-state index in [4.69, 9.17) is 4.99 Å². The van der Waals surface area contributed by atoms with Gasteiger partial charge in [0.1, 0.15) is 11.6 Å². The third-order valence-corrected chi connectivity index (χ3v) is 4.44. The lowest BCUT2D eigenvalue weighted by atomic mass is 10.1. The fourth-order valence-corrected chi connectivity index (χ4v) is 3.14. The summed E-state index contributed by atoms with van der Waals surface area (Å²) in [6.07, 6.45) is 6.67. The van der Waals surface area contributed by atoms with Crippen molar-refractivity contribution in [2.75, 3.05) is 13.1 Å². The van der Waals surface area contributed by atoms with Crippen LogP contribution in [0.25, 0.3) is 0 Å². The summed E-state index contributed by atoms with van der Waals surface area (Å²) in [5, 5.41) is 11.4. The quantitative estimate of drug-likeness (QED) is 0.398. The number of nitrogens with one attached hydrogen (secondary N) is 2. The highest BCUT2D eigenvalue weighted by Crippen LogP contribution is 2.12. The highest BCUT2D eigenvalue weighted by atomic mass is 127. The van der Waals surface area contributed by atoms with Crippen LogP contribution in [0.4, 0.5) is 0 Å². The minimum Gasteiger partial charge on any atom is -0.357 e. The van der Waals surface area contributed by atoms with Crippen LogP contribution in [-0.2, 0) is 19.4 Å². The molecule has 2 aromatic rings. The number of hydrogen-bond acceptors (Lipinski definition) is 4. The third kappa shape index (κ3) is 5.39. The number of halogens is 1. The summed E-state index contributed by atoms with van der Waals surface area (Å²) in [5.41, 5.74) is 2.52. The number of hydrogen-bond donors (Lipinski definition) is 2. The van der Waals surface area contributed by atoms with Gasteiger partial charge in [-0.2, -0.15) is 5.10 Å². The van der Waals surface area contributed by atoms with Crippen LogP contribution in [0.1, 0.15) is 36.1 Å². The minimum atomic E-state index is 0.